The molecule has 1 aliphatic carbocycles. The van der Waals surface area contributed by atoms with Gasteiger partial charge in [-0.15, -0.1) is 24.0 Å². The Labute approximate surface area is 181 Å². The molecule has 2 atom stereocenters. The van der Waals surface area contributed by atoms with Crippen molar-refractivity contribution in [3.63, 3.8) is 0 Å². The molecule has 2 unspecified atom stereocenters. The molecule has 0 amide bonds. The van der Waals surface area contributed by atoms with Gasteiger partial charge >= 0.3 is 0 Å². The number of likely N-dealkylation sites (tertiary alicyclic amines) is 1. The fraction of sp³-hybridized carbons (Fsp3) is 0.800. The van der Waals surface area contributed by atoms with Crippen molar-refractivity contribution in [2.24, 2.45) is 10.9 Å². The highest BCUT2D eigenvalue weighted by molar-refractivity contribution is 14.0. The predicted molar refractivity (Wildman–Crippen MR) is 123 cm³/mol. The molecule has 6 nitrogen and oxygen atoms in total. The zero-order valence-corrected chi connectivity index (χ0v) is 19.5. The maximum Gasteiger partial charge on any atom is 0.193 e. The summed E-state index contributed by atoms with van der Waals surface area (Å²) in [4.78, 5) is 13.7. The molecule has 0 bridgehead atoms. The maximum absolute atomic E-state index is 4.55. The number of hydrogen-bond donors (Lipinski definition) is 1. The van der Waals surface area contributed by atoms with Crippen molar-refractivity contribution >= 4 is 29.9 Å². The molecule has 1 aromatic rings. The van der Waals surface area contributed by atoms with Crippen LogP contribution in [0.5, 0.6) is 0 Å². The second-order valence-electron chi connectivity index (χ2n) is 8.04. The number of hydrogen-bond acceptors (Lipinski definition) is 3. The zero-order chi connectivity index (χ0) is 18.4. The van der Waals surface area contributed by atoms with Crippen molar-refractivity contribution in [3.8, 4) is 0 Å². The van der Waals surface area contributed by atoms with E-state index in [1.54, 1.807) is 0 Å². The average molecular weight is 488 g/mol. The number of halogens is 1. The summed E-state index contributed by atoms with van der Waals surface area (Å²) in [5, 5.41) is 3.60. The molecule has 0 radical (unpaired) electrons. The van der Waals surface area contributed by atoms with Crippen molar-refractivity contribution in [1.82, 2.24) is 24.7 Å². The van der Waals surface area contributed by atoms with E-state index < -0.39 is 0 Å². The first-order valence-corrected chi connectivity index (χ1v) is 10.3. The Morgan fingerprint density at radius 3 is 2.70 bits per heavy atom. The van der Waals surface area contributed by atoms with Gasteiger partial charge in [-0.1, -0.05) is 26.2 Å². The van der Waals surface area contributed by atoms with Crippen LogP contribution in [0.2, 0.25) is 0 Å². The van der Waals surface area contributed by atoms with E-state index in [0.29, 0.717) is 12.0 Å². The van der Waals surface area contributed by atoms with Crippen molar-refractivity contribution in [3.05, 3.63) is 18.7 Å². The highest BCUT2D eigenvalue weighted by Gasteiger charge is 2.29. The average Bonchev–Trinajstić information content (AvgIpc) is 3.21. The van der Waals surface area contributed by atoms with Crippen LogP contribution < -0.4 is 5.32 Å². The van der Waals surface area contributed by atoms with Gasteiger partial charge in [0.15, 0.2) is 5.96 Å². The van der Waals surface area contributed by atoms with Crippen LogP contribution in [0.3, 0.4) is 0 Å². The lowest BCUT2D eigenvalue weighted by Gasteiger charge is -2.39. The van der Waals surface area contributed by atoms with E-state index >= 15 is 0 Å². The Hall–Kier alpha value is -0.830. The first-order valence-electron chi connectivity index (χ1n) is 10.3. The Kier molecular flexibility index (Phi) is 9.35. The SMILES string of the molecule is CN=C(NCCN(C)C1CCCCC1)N1CCC(C)C(n2ccnc2)C1.I. The molecule has 2 fully saturated rings. The quantitative estimate of drug-likeness (QED) is 0.393. The maximum atomic E-state index is 4.55. The first kappa shape index (κ1) is 22.5. The molecule has 2 heterocycles. The molecule has 2 aliphatic rings. The summed E-state index contributed by atoms with van der Waals surface area (Å²) >= 11 is 0. The number of rotatable bonds is 5. The van der Waals surface area contributed by atoms with Gasteiger partial charge in [0.2, 0.25) is 0 Å². The second kappa shape index (κ2) is 11.2. The summed E-state index contributed by atoms with van der Waals surface area (Å²) in [7, 11) is 4.18. The summed E-state index contributed by atoms with van der Waals surface area (Å²) in [5.74, 6) is 1.70. The highest BCUT2D eigenvalue weighted by atomic mass is 127. The molecule has 0 aromatic carbocycles. The third kappa shape index (κ3) is 6.07. The lowest BCUT2D eigenvalue weighted by Crippen LogP contribution is -2.50. The predicted octanol–water partition coefficient (Wildman–Crippen LogP) is 3.22. The van der Waals surface area contributed by atoms with E-state index in [1.807, 2.05) is 19.6 Å². The number of nitrogens with zero attached hydrogens (tertiary/aromatic N) is 5. The Bertz CT molecular complexity index is 555. The normalized spacial score (nSPS) is 24.7. The Morgan fingerprint density at radius 1 is 1.26 bits per heavy atom. The number of aromatic nitrogens is 2. The molecule has 1 saturated carbocycles. The van der Waals surface area contributed by atoms with Crippen LogP contribution in [0.15, 0.2) is 23.7 Å². The molecule has 1 N–H and O–H groups in total. The van der Waals surface area contributed by atoms with Crippen molar-refractivity contribution in [1.29, 1.82) is 0 Å². The van der Waals surface area contributed by atoms with Crippen molar-refractivity contribution in [2.45, 2.75) is 57.5 Å². The van der Waals surface area contributed by atoms with E-state index in [9.17, 15) is 0 Å². The standard InChI is InChI=1S/C20H36N6.HI/c1-17-9-12-25(15-19(17)26-14-10-22-16-26)20(21-2)23-11-13-24(3)18-7-5-4-6-8-18;/h10,14,16-19H,4-9,11-13,15H2,1-3H3,(H,21,23);1H. The first-order chi connectivity index (χ1) is 12.7. The van der Waals surface area contributed by atoms with Gasteiger partial charge in [-0.3, -0.25) is 4.99 Å². The topological polar surface area (TPSA) is 48.7 Å². The fourth-order valence-electron chi connectivity index (χ4n) is 4.48. The van der Waals surface area contributed by atoms with Crippen LogP contribution in [-0.4, -0.2) is 71.6 Å². The van der Waals surface area contributed by atoms with Crippen molar-refractivity contribution in [2.75, 3.05) is 40.3 Å². The molecule has 7 heteroatoms. The van der Waals surface area contributed by atoms with Gasteiger partial charge in [-0.25, -0.2) is 4.98 Å². The molecule has 0 spiro atoms. The smallest absolute Gasteiger partial charge is 0.193 e. The van der Waals surface area contributed by atoms with Gasteiger partial charge in [0.05, 0.1) is 12.4 Å². The van der Waals surface area contributed by atoms with Gasteiger partial charge in [0.1, 0.15) is 0 Å². The summed E-state index contributed by atoms with van der Waals surface area (Å²) in [5.41, 5.74) is 0. The summed E-state index contributed by atoms with van der Waals surface area (Å²) < 4.78 is 2.25. The zero-order valence-electron chi connectivity index (χ0n) is 17.2. The van der Waals surface area contributed by atoms with Gasteiger partial charge in [-0.05, 0) is 32.2 Å². The van der Waals surface area contributed by atoms with Crippen LogP contribution in [0.4, 0.5) is 0 Å². The molecule has 1 saturated heterocycles. The molecule has 1 aromatic heterocycles. The minimum atomic E-state index is 0. The van der Waals surface area contributed by atoms with E-state index in [1.165, 1.54) is 38.5 Å². The number of aliphatic imine (C=N–C) groups is 1. The van der Waals surface area contributed by atoms with Crippen LogP contribution in [0, 0.1) is 5.92 Å². The van der Waals surface area contributed by atoms with Crippen LogP contribution >= 0.6 is 24.0 Å². The van der Waals surface area contributed by atoms with Crippen molar-refractivity contribution < 1.29 is 0 Å². The third-order valence-corrected chi connectivity index (χ3v) is 6.28. The molecule has 154 valence electrons. The molecule has 1 aliphatic heterocycles. The molecular formula is C20H37IN6. The monoisotopic (exact) mass is 488 g/mol. The van der Waals surface area contributed by atoms with Crippen LogP contribution in [0.25, 0.3) is 0 Å². The number of imidazole rings is 1. The summed E-state index contributed by atoms with van der Waals surface area (Å²) in [6.07, 6.45) is 14.0. The van der Waals surface area contributed by atoms with Crippen LogP contribution in [0.1, 0.15) is 51.5 Å². The Morgan fingerprint density at radius 2 is 2.04 bits per heavy atom. The number of likely N-dealkylation sites (N-methyl/N-ethyl adjacent to an activating group) is 1. The third-order valence-electron chi connectivity index (χ3n) is 6.28. The van der Waals surface area contributed by atoms with Gasteiger partial charge in [0, 0.05) is 51.7 Å². The minimum Gasteiger partial charge on any atom is -0.355 e. The number of guanidine groups is 1. The molecular weight excluding hydrogens is 451 g/mol. The van der Waals surface area contributed by atoms with Gasteiger partial charge in [0.25, 0.3) is 0 Å². The molecule has 3 rings (SSSR count). The lowest BCUT2D eigenvalue weighted by molar-refractivity contribution is 0.183. The van der Waals surface area contributed by atoms with E-state index in [0.717, 1.165) is 38.2 Å². The van der Waals surface area contributed by atoms with Crippen LogP contribution in [-0.2, 0) is 0 Å². The second-order valence-corrected chi connectivity index (χ2v) is 8.04. The van der Waals surface area contributed by atoms with Gasteiger partial charge < -0.3 is 19.7 Å². The largest absolute Gasteiger partial charge is 0.355 e. The fourth-order valence-corrected chi connectivity index (χ4v) is 4.48. The minimum absolute atomic E-state index is 0. The van der Waals surface area contributed by atoms with E-state index in [-0.39, 0.29) is 24.0 Å². The molecule has 27 heavy (non-hydrogen) atoms. The Balaban J connectivity index is 0.00000261. The van der Waals surface area contributed by atoms with E-state index in [2.05, 4.69) is 49.8 Å². The van der Waals surface area contributed by atoms with Gasteiger partial charge in [-0.2, -0.15) is 0 Å². The number of piperidine rings is 1. The summed E-state index contributed by atoms with van der Waals surface area (Å²) in [6, 6.07) is 1.24. The summed E-state index contributed by atoms with van der Waals surface area (Å²) in [6.45, 7) is 6.46. The number of nitrogens with one attached hydrogen (secondary N) is 1. The lowest BCUT2D eigenvalue weighted by atomic mass is 9.93. The highest BCUT2D eigenvalue weighted by Crippen LogP contribution is 2.27. The van der Waals surface area contributed by atoms with E-state index in [4.69, 9.17) is 0 Å².